The number of nitrogens with zero attached hydrogens (tertiary/aromatic N) is 7. The Morgan fingerprint density at radius 2 is 1.77 bits per heavy atom. The summed E-state index contributed by atoms with van der Waals surface area (Å²) in [6.45, 7) is 0.289. The van der Waals surface area contributed by atoms with E-state index >= 15 is 13.2 Å². The standard InChI is InChI=1S/C34H36ClF4N9O3S/c35-20-14-19-25(24(37)23(20)18-5-6-21(36)27-26(18)42-30(41)52-27)43-31(51-17-33-7-2-9-47(33)10-3-8-33)44-29(19)45-12-13-46(16-34(38,39)15-45)32(50)48-11-1-4-22(48)28(40)49/h5-6,14,22H,1-4,7-13,15-17H2,(H2,40,49)(H2,41,42). The van der Waals surface area contributed by atoms with Crippen LogP contribution in [0.15, 0.2) is 18.2 Å². The molecule has 4 saturated heterocycles. The van der Waals surface area contributed by atoms with Crippen molar-refractivity contribution in [1.82, 2.24) is 29.7 Å². The number of primary amides is 1. The minimum atomic E-state index is -3.44. The molecule has 4 aliphatic heterocycles. The van der Waals surface area contributed by atoms with Crippen molar-refractivity contribution < 1.29 is 31.9 Å². The normalized spacial score (nSPS) is 21.6. The van der Waals surface area contributed by atoms with E-state index in [1.165, 1.54) is 28.0 Å². The van der Waals surface area contributed by atoms with Crippen molar-refractivity contribution in [1.29, 1.82) is 0 Å². The van der Waals surface area contributed by atoms with Crippen LogP contribution in [0.3, 0.4) is 0 Å². The summed E-state index contributed by atoms with van der Waals surface area (Å²) >= 11 is 7.68. The van der Waals surface area contributed by atoms with Gasteiger partial charge in [0, 0.05) is 36.1 Å². The lowest BCUT2D eigenvalue weighted by Crippen LogP contribution is -2.52. The zero-order valence-corrected chi connectivity index (χ0v) is 29.6. The Kier molecular flexibility index (Phi) is 8.72. The topological polar surface area (TPSA) is 147 Å². The van der Waals surface area contributed by atoms with Gasteiger partial charge in [0.2, 0.25) is 5.91 Å². The van der Waals surface area contributed by atoms with Crippen LogP contribution in [0.2, 0.25) is 5.02 Å². The minimum absolute atomic E-state index is 0.0418. The van der Waals surface area contributed by atoms with Crippen LogP contribution in [0, 0.1) is 11.6 Å². The quantitative estimate of drug-likeness (QED) is 0.252. The van der Waals surface area contributed by atoms with Gasteiger partial charge < -0.3 is 30.9 Å². The zero-order chi connectivity index (χ0) is 36.5. The summed E-state index contributed by atoms with van der Waals surface area (Å²) < 4.78 is 69.6. The number of hydrogen-bond acceptors (Lipinski definition) is 10. The molecule has 2 aromatic carbocycles. The average Bonchev–Trinajstić information content (AvgIpc) is 3.88. The van der Waals surface area contributed by atoms with Crippen molar-refractivity contribution in [3.63, 3.8) is 0 Å². The van der Waals surface area contributed by atoms with Crippen LogP contribution in [0.4, 0.5) is 33.3 Å². The number of halogens is 5. The molecule has 0 radical (unpaired) electrons. The Labute approximate surface area is 304 Å². The van der Waals surface area contributed by atoms with Crippen LogP contribution in [0.1, 0.15) is 38.5 Å². The largest absolute Gasteiger partial charge is 0.461 e. The Balaban J connectivity index is 1.21. The summed E-state index contributed by atoms with van der Waals surface area (Å²) in [6, 6.07) is 2.13. The van der Waals surface area contributed by atoms with E-state index in [4.69, 9.17) is 27.8 Å². The molecule has 8 rings (SSSR count). The number of nitrogen functional groups attached to an aromatic ring is 1. The van der Waals surface area contributed by atoms with Crippen LogP contribution >= 0.6 is 22.9 Å². The summed E-state index contributed by atoms with van der Waals surface area (Å²) in [7, 11) is 0. The van der Waals surface area contributed by atoms with E-state index in [9.17, 15) is 14.0 Å². The van der Waals surface area contributed by atoms with Crippen molar-refractivity contribution in [2.75, 3.05) is 63.1 Å². The first-order valence-electron chi connectivity index (χ1n) is 17.2. The molecule has 276 valence electrons. The molecule has 1 atom stereocenters. The highest BCUT2D eigenvalue weighted by molar-refractivity contribution is 7.22. The number of benzene rings is 2. The molecule has 52 heavy (non-hydrogen) atoms. The number of likely N-dealkylation sites (tertiary alicyclic amines) is 1. The molecule has 3 amide bonds. The molecule has 12 nitrogen and oxygen atoms in total. The van der Waals surface area contributed by atoms with E-state index in [1.807, 2.05) is 0 Å². The number of anilines is 2. The number of hydrogen-bond donors (Lipinski definition) is 2. The number of thiazole rings is 1. The number of nitrogens with two attached hydrogens (primary N) is 2. The van der Waals surface area contributed by atoms with Crippen LogP contribution in [0.25, 0.3) is 32.2 Å². The fourth-order valence-corrected chi connectivity index (χ4v) is 9.45. The van der Waals surface area contributed by atoms with Crippen molar-refractivity contribution in [3.05, 3.63) is 34.9 Å². The summed E-state index contributed by atoms with van der Waals surface area (Å²) in [4.78, 5) is 44.7. The summed E-state index contributed by atoms with van der Waals surface area (Å²) in [5, 5.41) is 0.00948. The van der Waals surface area contributed by atoms with Gasteiger partial charge in [-0.1, -0.05) is 22.9 Å². The Bertz CT molecular complexity index is 2090. The van der Waals surface area contributed by atoms with Crippen molar-refractivity contribution in [2.24, 2.45) is 5.73 Å². The predicted octanol–water partition coefficient (Wildman–Crippen LogP) is 5.25. The number of alkyl halides is 2. The second-order valence-electron chi connectivity index (χ2n) is 14.0. The molecular weight excluding hydrogens is 726 g/mol. The first-order valence-corrected chi connectivity index (χ1v) is 18.4. The van der Waals surface area contributed by atoms with Crippen LogP contribution in [-0.2, 0) is 4.79 Å². The van der Waals surface area contributed by atoms with Gasteiger partial charge in [0.1, 0.15) is 29.8 Å². The van der Waals surface area contributed by atoms with E-state index in [0.717, 1.165) is 55.0 Å². The monoisotopic (exact) mass is 761 g/mol. The minimum Gasteiger partial charge on any atom is -0.461 e. The van der Waals surface area contributed by atoms with Gasteiger partial charge in [-0.3, -0.25) is 9.69 Å². The third-order valence-corrected chi connectivity index (χ3v) is 12.0. The molecule has 0 bridgehead atoms. The van der Waals surface area contributed by atoms with Crippen molar-refractivity contribution in [2.45, 2.75) is 56.0 Å². The summed E-state index contributed by atoms with van der Waals surface area (Å²) in [6.07, 6.45) is 4.72. The van der Waals surface area contributed by atoms with Gasteiger partial charge in [-0.15, -0.1) is 0 Å². The Morgan fingerprint density at radius 1 is 1.00 bits per heavy atom. The molecule has 1 unspecified atom stereocenters. The van der Waals surface area contributed by atoms with Crippen molar-refractivity contribution >= 4 is 66.9 Å². The predicted molar refractivity (Wildman–Crippen MR) is 189 cm³/mol. The van der Waals surface area contributed by atoms with Crippen LogP contribution in [-0.4, -0.2) is 112 Å². The van der Waals surface area contributed by atoms with E-state index in [1.54, 1.807) is 0 Å². The number of carbonyl (C=O) groups is 2. The van der Waals surface area contributed by atoms with Gasteiger partial charge >= 0.3 is 12.0 Å². The van der Waals surface area contributed by atoms with Gasteiger partial charge in [0.25, 0.3) is 5.92 Å². The highest BCUT2D eigenvalue weighted by atomic mass is 35.5. The fraction of sp³-hybridized carbons (Fsp3) is 0.500. The Hall–Kier alpha value is -4.22. The number of rotatable bonds is 6. The number of amides is 3. The van der Waals surface area contributed by atoms with Crippen molar-refractivity contribution in [3.8, 4) is 17.1 Å². The SMILES string of the molecule is NC(=O)C1CCCN1C(=O)N1CCN(c2nc(OCC34CCCN3CCC4)nc3c(F)c(-c4ccc(F)c5sc(N)nc45)c(Cl)cc23)CC(F)(F)C1. The van der Waals surface area contributed by atoms with E-state index in [-0.39, 0.29) is 86.0 Å². The molecule has 6 heterocycles. The van der Waals surface area contributed by atoms with Gasteiger partial charge in [0.15, 0.2) is 10.9 Å². The number of aromatic nitrogens is 3. The summed E-state index contributed by atoms with van der Waals surface area (Å²) in [5.74, 6) is -5.66. The highest BCUT2D eigenvalue weighted by Crippen LogP contribution is 2.44. The third-order valence-electron chi connectivity index (χ3n) is 10.8. The molecular formula is C34H36ClF4N9O3S. The van der Waals surface area contributed by atoms with Gasteiger partial charge in [-0.25, -0.2) is 27.3 Å². The first kappa shape index (κ1) is 34.8. The number of ether oxygens (including phenoxy) is 1. The maximum atomic E-state index is 17.0. The molecule has 0 saturated carbocycles. The van der Waals surface area contributed by atoms with Crippen LogP contribution in [0.5, 0.6) is 6.01 Å². The van der Waals surface area contributed by atoms with E-state index in [2.05, 4.69) is 19.9 Å². The van der Waals surface area contributed by atoms with E-state index in [0.29, 0.717) is 12.8 Å². The molecule has 0 spiro atoms. The van der Waals surface area contributed by atoms with E-state index < -0.39 is 48.6 Å². The molecule has 2 aromatic heterocycles. The first-order chi connectivity index (χ1) is 24.8. The highest BCUT2D eigenvalue weighted by Gasteiger charge is 2.46. The maximum absolute atomic E-state index is 17.0. The second kappa shape index (κ2) is 13.0. The zero-order valence-electron chi connectivity index (χ0n) is 28.0. The number of urea groups is 1. The average molecular weight is 762 g/mol. The lowest BCUT2D eigenvalue weighted by atomic mass is 9.95. The molecule has 4 N–H and O–H groups in total. The van der Waals surface area contributed by atoms with Gasteiger partial charge in [-0.2, -0.15) is 9.97 Å². The molecule has 18 heteroatoms. The third kappa shape index (κ3) is 5.99. The fourth-order valence-electron chi connectivity index (χ4n) is 8.39. The second-order valence-corrected chi connectivity index (χ2v) is 15.5. The molecule has 0 aliphatic carbocycles. The molecule has 4 aromatic rings. The lowest BCUT2D eigenvalue weighted by Gasteiger charge is -2.31. The Morgan fingerprint density at radius 3 is 2.52 bits per heavy atom. The lowest BCUT2D eigenvalue weighted by molar-refractivity contribution is -0.121. The number of carbonyl (C=O) groups excluding carboxylic acids is 2. The molecule has 4 aliphatic rings. The van der Waals surface area contributed by atoms with Crippen LogP contribution < -0.4 is 21.1 Å². The number of fused-ring (bicyclic) bond motifs is 3. The molecule has 4 fully saturated rings. The maximum Gasteiger partial charge on any atom is 0.320 e. The smallest absolute Gasteiger partial charge is 0.320 e. The summed E-state index contributed by atoms with van der Waals surface area (Å²) in [5.41, 5.74) is 11.1. The van der Waals surface area contributed by atoms with Gasteiger partial charge in [0.05, 0.1) is 33.9 Å². The van der Waals surface area contributed by atoms with Gasteiger partial charge in [-0.05, 0) is 69.8 Å².